The number of hydrogen-bond donors (Lipinski definition) is 8. The lowest BCUT2D eigenvalue weighted by Gasteiger charge is -2.23. The minimum absolute atomic E-state index is 0.0484. The van der Waals surface area contributed by atoms with Crippen LogP contribution in [0.3, 0.4) is 0 Å². The first-order chi connectivity index (χ1) is 17.7. The van der Waals surface area contributed by atoms with Gasteiger partial charge in [-0.05, 0) is 76.9 Å². The van der Waals surface area contributed by atoms with Crippen LogP contribution in [-0.4, -0.2) is 72.3 Å². The lowest BCUT2D eigenvalue weighted by Crippen LogP contribution is -2.38. The van der Waals surface area contributed by atoms with Crippen LogP contribution >= 0.6 is 0 Å². The fraction of sp³-hybridized carbons (Fsp3) is 0.538. The predicted octanol–water partition coefficient (Wildman–Crippen LogP) is 1.27. The van der Waals surface area contributed by atoms with Gasteiger partial charge in [-0.1, -0.05) is 12.1 Å². The number of nitrogens with one attached hydrogen (secondary N) is 2. The van der Waals surface area contributed by atoms with Crippen molar-refractivity contribution in [3.63, 3.8) is 0 Å². The Labute approximate surface area is 230 Å². The van der Waals surface area contributed by atoms with Gasteiger partial charge in [-0.2, -0.15) is 0 Å². The van der Waals surface area contributed by atoms with Crippen molar-refractivity contribution in [2.24, 2.45) is 0 Å². The van der Waals surface area contributed by atoms with Crippen molar-refractivity contribution in [2.75, 3.05) is 13.1 Å². The first-order valence-corrected chi connectivity index (χ1v) is 13.4. The number of benzene rings is 2. The van der Waals surface area contributed by atoms with Crippen LogP contribution in [0.15, 0.2) is 36.4 Å². The molecule has 0 fully saturated rings. The number of phenols is 2. The largest absolute Gasteiger partial charge is 0.759 e. The summed E-state index contributed by atoms with van der Waals surface area (Å²) in [4.78, 5) is 0. The summed E-state index contributed by atoms with van der Waals surface area (Å²) >= 11 is 0. The van der Waals surface area contributed by atoms with Gasteiger partial charge in [-0.3, -0.25) is 8.42 Å². The molecule has 2 aromatic carbocycles. The topological polar surface area (TPSA) is 226 Å². The molecule has 0 amide bonds. The normalized spacial score (nSPS) is 13.4. The van der Waals surface area contributed by atoms with Gasteiger partial charge in [0, 0.05) is 45.7 Å². The summed E-state index contributed by atoms with van der Waals surface area (Å²) in [6.07, 6.45) is -1.31. The molecule has 39 heavy (non-hydrogen) atoms. The summed E-state index contributed by atoms with van der Waals surface area (Å²) in [5, 5.41) is 63.2. The number of rotatable bonds is 8. The zero-order valence-electron chi connectivity index (χ0n) is 23.2. The zero-order chi connectivity index (χ0) is 30.6. The first kappa shape index (κ1) is 36.7. The molecular weight excluding hydrogens is 532 g/mol. The van der Waals surface area contributed by atoms with Gasteiger partial charge in [0.05, 0.1) is 25.4 Å². The van der Waals surface area contributed by atoms with Crippen molar-refractivity contribution in [1.82, 2.24) is 10.6 Å². The summed E-state index contributed by atoms with van der Waals surface area (Å²) in [6, 6.07) is 9.52. The molecule has 13 heteroatoms. The van der Waals surface area contributed by atoms with Crippen LogP contribution in [0, 0.1) is 0 Å². The second kappa shape index (κ2) is 16.1. The summed E-state index contributed by atoms with van der Waals surface area (Å²) in [5.41, 5.74) is 2.11. The predicted molar refractivity (Wildman–Crippen MR) is 144 cm³/mol. The molecule has 0 saturated heterocycles. The van der Waals surface area contributed by atoms with Gasteiger partial charge in [0.15, 0.2) is 0 Å². The number of aromatic hydroxyl groups is 2. The van der Waals surface area contributed by atoms with Crippen LogP contribution in [0.5, 0.6) is 11.5 Å². The lowest BCUT2D eigenvalue weighted by atomic mass is 10.0. The molecule has 0 radical (unpaired) electrons. The van der Waals surface area contributed by atoms with E-state index in [1.807, 2.05) is 41.5 Å². The third kappa shape index (κ3) is 17.8. The molecule has 0 aromatic heterocycles. The minimum atomic E-state index is -5.17. The molecule has 224 valence electrons. The molecule has 0 saturated carbocycles. The maximum absolute atomic E-state index is 9.97. The fourth-order valence-electron chi connectivity index (χ4n) is 2.92. The average molecular weight is 575 g/mol. The van der Waals surface area contributed by atoms with Gasteiger partial charge < -0.3 is 50.4 Å². The number of aliphatic hydroxyl groups is 4. The van der Waals surface area contributed by atoms with E-state index in [-0.39, 0.29) is 35.8 Å². The standard InChI is InChI=1S/2C13H21NO3.H2O4S/c2*1-13(2,3)14-7-12(17)9-4-5-11(16)10(6-9)8-15;1-5(2,3)4/h2*4-6,12,14-17H,7-8H2,1-3H3;(H2,1,2,3,4)/p-2. The third-order valence-electron chi connectivity index (χ3n) is 4.97. The Kier molecular flexibility index (Phi) is 15.1. The van der Waals surface area contributed by atoms with Crippen molar-refractivity contribution in [3.05, 3.63) is 58.7 Å². The average Bonchev–Trinajstić information content (AvgIpc) is 2.80. The molecule has 0 aliphatic heterocycles. The van der Waals surface area contributed by atoms with E-state index < -0.39 is 22.6 Å². The molecule has 0 heterocycles. The monoisotopic (exact) mass is 574 g/mol. The van der Waals surface area contributed by atoms with E-state index in [2.05, 4.69) is 10.6 Å². The second-order valence-electron chi connectivity index (χ2n) is 10.8. The Balaban J connectivity index is 0.000000632. The van der Waals surface area contributed by atoms with Gasteiger partial charge in [-0.25, -0.2) is 0 Å². The highest BCUT2D eigenvalue weighted by molar-refractivity contribution is 7.79. The zero-order valence-corrected chi connectivity index (χ0v) is 24.0. The molecule has 2 atom stereocenters. The van der Waals surface area contributed by atoms with Crippen LogP contribution in [0.25, 0.3) is 0 Å². The molecular formula is C26H42N2O10S-2. The van der Waals surface area contributed by atoms with Crippen LogP contribution < -0.4 is 10.6 Å². The Morgan fingerprint density at radius 2 is 1.00 bits per heavy atom. The molecule has 2 rings (SSSR count). The van der Waals surface area contributed by atoms with Gasteiger partial charge in [0.25, 0.3) is 0 Å². The lowest BCUT2D eigenvalue weighted by molar-refractivity contribution is 0.162. The van der Waals surface area contributed by atoms with E-state index in [1.54, 1.807) is 24.3 Å². The highest BCUT2D eigenvalue weighted by Gasteiger charge is 2.16. The van der Waals surface area contributed by atoms with Crippen molar-refractivity contribution in [2.45, 2.75) is 78.0 Å². The highest BCUT2D eigenvalue weighted by atomic mass is 32.3. The quantitative estimate of drug-likeness (QED) is 0.165. The van der Waals surface area contributed by atoms with Crippen molar-refractivity contribution in [1.29, 1.82) is 0 Å². The smallest absolute Gasteiger partial charge is 0.121 e. The van der Waals surface area contributed by atoms with Gasteiger partial charge in [0.1, 0.15) is 11.5 Å². The van der Waals surface area contributed by atoms with Crippen LogP contribution in [0.1, 0.15) is 76.0 Å². The Morgan fingerprint density at radius 1 is 0.718 bits per heavy atom. The maximum atomic E-state index is 9.97. The van der Waals surface area contributed by atoms with Crippen molar-refractivity contribution < 1.29 is 48.2 Å². The summed E-state index contributed by atoms with van der Waals surface area (Å²) in [6.45, 7) is 12.5. The van der Waals surface area contributed by atoms with Crippen LogP contribution in [0.4, 0.5) is 0 Å². The Morgan fingerprint density at radius 3 is 1.23 bits per heavy atom. The maximum Gasteiger partial charge on any atom is 0.121 e. The minimum Gasteiger partial charge on any atom is -0.759 e. The Hall–Kier alpha value is -2.33. The molecule has 2 aromatic rings. The molecule has 0 spiro atoms. The van der Waals surface area contributed by atoms with Crippen molar-refractivity contribution in [3.8, 4) is 11.5 Å². The van der Waals surface area contributed by atoms with E-state index in [0.29, 0.717) is 35.3 Å². The van der Waals surface area contributed by atoms with E-state index in [9.17, 15) is 20.4 Å². The third-order valence-corrected chi connectivity index (χ3v) is 4.97. The summed E-state index contributed by atoms with van der Waals surface area (Å²) in [7, 11) is -5.17. The van der Waals surface area contributed by atoms with E-state index >= 15 is 0 Å². The number of β-amino-alcohol motifs (C(OH)–C–C–N with tert-alkyl or cyclic N) is 2. The van der Waals surface area contributed by atoms with Gasteiger partial charge >= 0.3 is 0 Å². The number of hydrogen-bond acceptors (Lipinski definition) is 12. The molecule has 0 aliphatic rings. The Bertz CT molecular complexity index is 1030. The highest BCUT2D eigenvalue weighted by Crippen LogP contribution is 2.23. The summed E-state index contributed by atoms with van der Waals surface area (Å²) < 4.78 is 34.1. The second-order valence-corrected chi connectivity index (χ2v) is 11.6. The van der Waals surface area contributed by atoms with E-state index in [0.717, 1.165) is 0 Å². The van der Waals surface area contributed by atoms with Gasteiger partial charge in [0.2, 0.25) is 0 Å². The molecule has 0 bridgehead atoms. The fourth-order valence-corrected chi connectivity index (χ4v) is 2.92. The van der Waals surface area contributed by atoms with Crippen LogP contribution in [-0.2, 0) is 23.6 Å². The summed E-state index contributed by atoms with van der Waals surface area (Å²) in [5.74, 6) is 0.0967. The van der Waals surface area contributed by atoms with Gasteiger partial charge in [-0.15, -0.1) is 0 Å². The molecule has 12 nitrogen and oxygen atoms in total. The van der Waals surface area contributed by atoms with E-state index in [1.165, 1.54) is 12.1 Å². The van der Waals surface area contributed by atoms with E-state index in [4.69, 9.17) is 27.7 Å². The van der Waals surface area contributed by atoms with Crippen molar-refractivity contribution >= 4 is 10.4 Å². The van der Waals surface area contributed by atoms with Crippen LogP contribution in [0.2, 0.25) is 0 Å². The SMILES string of the molecule is CC(C)(C)NCC(O)c1ccc(O)c(CO)c1.CC(C)(C)NCC(O)c1ccc(O)c(CO)c1.O=S(=O)([O-])[O-]. The molecule has 8 N–H and O–H groups in total. The number of aliphatic hydroxyl groups excluding tert-OH is 4. The first-order valence-electron chi connectivity index (χ1n) is 12.0. The molecule has 0 aliphatic carbocycles. The molecule has 2 unspecified atom stereocenters.